The predicted molar refractivity (Wildman–Crippen MR) is 67.2 cm³/mol. The molecule has 0 unspecified atom stereocenters. The molecule has 82 valence electrons. The molecule has 0 radical (unpaired) electrons. The molecule has 1 aliphatic carbocycles. The highest BCUT2D eigenvalue weighted by Crippen LogP contribution is 2.31. The number of hydrogen-bond acceptors (Lipinski definition) is 1. The average Bonchev–Trinajstić information content (AvgIpc) is 2.75. The topological polar surface area (TPSA) is 31.6 Å². The standard InChI is InChI=1S/C13H14N2S/c16-13-14-8-12(15-13)11-6-5-9-3-1-2-4-10(9)7-11/h1-4,8,11H,5-7H2,(H2,14,15,16)/t11-/m1/s1. The molecule has 1 atom stereocenters. The van der Waals surface area contributed by atoms with Gasteiger partial charge in [-0.05, 0) is 42.6 Å². The van der Waals surface area contributed by atoms with Crippen LogP contribution in [0.3, 0.4) is 0 Å². The Morgan fingerprint density at radius 2 is 2.00 bits per heavy atom. The molecule has 16 heavy (non-hydrogen) atoms. The van der Waals surface area contributed by atoms with Gasteiger partial charge in [0.15, 0.2) is 4.77 Å². The van der Waals surface area contributed by atoms with Crippen molar-refractivity contribution in [2.45, 2.75) is 25.2 Å². The third kappa shape index (κ3) is 1.71. The predicted octanol–water partition coefficient (Wildman–Crippen LogP) is 3.34. The molecule has 0 spiro atoms. The monoisotopic (exact) mass is 230 g/mol. The molecule has 1 aliphatic rings. The maximum absolute atomic E-state index is 5.07. The van der Waals surface area contributed by atoms with Crippen molar-refractivity contribution in [1.82, 2.24) is 9.97 Å². The molecule has 1 aromatic heterocycles. The second-order valence-electron chi connectivity index (χ2n) is 4.41. The zero-order valence-corrected chi connectivity index (χ0v) is 9.81. The Bertz CT molecular complexity index is 553. The molecule has 0 aliphatic heterocycles. The minimum Gasteiger partial charge on any atom is -0.337 e. The van der Waals surface area contributed by atoms with Gasteiger partial charge in [-0.3, -0.25) is 0 Å². The van der Waals surface area contributed by atoms with Gasteiger partial charge < -0.3 is 9.97 Å². The molecule has 1 heterocycles. The van der Waals surface area contributed by atoms with E-state index in [0.717, 1.165) is 11.2 Å². The van der Waals surface area contributed by atoms with Gasteiger partial charge >= 0.3 is 0 Å². The molecule has 2 aromatic rings. The SMILES string of the molecule is S=c1[nH]cc([C@@H]2CCc3ccccc3C2)[nH]1. The summed E-state index contributed by atoms with van der Waals surface area (Å²) in [6, 6.07) is 8.73. The van der Waals surface area contributed by atoms with Crippen LogP contribution in [0.5, 0.6) is 0 Å². The average molecular weight is 230 g/mol. The number of aryl methyl sites for hydroxylation is 1. The number of fused-ring (bicyclic) bond motifs is 1. The van der Waals surface area contributed by atoms with Crippen LogP contribution in [0.2, 0.25) is 0 Å². The molecule has 0 amide bonds. The lowest BCUT2D eigenvalue weighted by atomic mass is 9.82. The summed E-state index contributed by atoms with van der Waals surface area (Å²) in [6.45, 7) is 0. The van der Waals surface area contributed by atoms with Gasteiger partial charge in [0.2, 0.25) is 0 Å². The van der Waals surface area contributed by atoms with E-state index in [2.05, 4.69) is 34.2 Å². The van der Waals surface area contributed by atoms with E-state index in [1.165, 1.54) is 29.7 Å². The number of aromatic amines is 2. The van der Waals surface area contributed by atoms with Gasteiger partial charge in [-0.1, -0.05) is 24.3 Å². The fourth-order valence-electron chi connectivity index (χ4n) is 2.53. The number of nitrogens with one attached hydrogen (secondary N) is 2. The first-order valence-corrected chi connectivity index (χ1v) is 6.08. The van der Waals surface area contributed by atoms with Crippen molar-refractivity contribution in [1.29, 1.82) is 0 Å². The van der Waals surface area contributed by atoms with Crippen molar-refractivity contribution in [3.63, 3.8) is 0 Å². The van der Waals surface area contributed by atoms with Crippen molar-refractivity contribution in [2.75, 3.05) is 0 Å². The van der Waals surface area contributed by atoms with Gasteiger partial charge in [-0.25, -0.2) is 0 Å². The summed E-state index contributed by atoms with van der Waals surface area (Å²) in [5, 5.41) is 0. The van der Waals surface area contributed by atoms with Crippen molar-refractivity contribution >= 4 is 12.2 Å². The van der Waals surface area contributed by atoms with E-state index < -0.39 is 0 Å². The van der Waals surface area contributed by atoms with E-state index >= 15 is 0 Å². The van der Waals surface area contributed by atoms with Crippen LogP contribution in [0.15, 0.2) is 30.5 Å². The Hall–Kier alpha value is -1.35. The van der Waals surface area contributed by atoms with Crippen LogP contribution in [0, 0.1) is 4.77 Å². The fourth-order valence-corrected chi connectivity index (χ4v) is 2.71. The molecule has 0 saturated heterocycles. The van der Waals surface area contributed by atoms with E-state index in [0.29, 0.717) is 5.92 Å². The van der Waals surface area contributed by atoms with Crippen LogP contribution in [0.4, 0.5) is 0 Å². The summed E-state index contributed by atoms with van der Waals surface area (Å²) < 4.78 is 0.730. The lowest BCUT2D eigenvalue weighted by Gasteiger charge is -2.23. The van der Waals surface area contributed by atoms with Crippen molar-refractivity contribution in [2.24, 2.45) is 0 Å². The third-order valence-corrected chi connectivity index (χ3v) is 3.62. The zero-order valence-electron chi connectivity index (χ0n) is 8.99. The maximum atomic E-state index is 5.07. The molecule has 3 heteroatoms. The maximum Gasteiger partial charge on any atom is 0.174 e. The number of imidazole rings is 1. The summed E-state index contributed by atoms with van der Waals surface area (Å²) >= 11 is 5.07. The lowest BCUT2D eigenvalue weighted by Crippen LogP contribution is -2.12. The van der Waals surface area contributed by atoms with Crippen LogP contribution in [-0.2, 0) is 12.8 Å². The Balaban J connectivity index is 1.90. The Morgan fingerprint density at radius 3 is 2.75 bits per heavy atom. The van der Waals surface area contributed by atoms with Crippen LogP contribution in [-0.4, -0.2) is 9.97 Å². The van der Waals surface area contributed by atoms with Crippen LogP contribution < -0.4 is 0 Å². The van der Waals surface area contributed by atoms with Crippen LogP contribution in [0.25, 0.3) is 0 Å². The van der Waals surface area contributed by atoms with Crippen LogP contribution >= 0.6 is 12.2 Å². The second kappa shape index (κ2) is 3.91. The Morgan fingerprint density at radius 1 is 1.19 bits per heavy atom. The molecule has 0 fully saturated rings. The molecule has 1 aromatic carbocycles. The largest absolute Gasteiger partial charge is 0.337 e. The van der Waals surface area contributed by atoms with E-state index in [1.807, 2.05) is 6.20 Å². The molecular weight excluding hydrogens is 216 g/mol. The molecule has 0 bridgehead atoms. The Labute approximate surface area is 99.7 Å². The molecular formula is C13H14N2S. The molecule has 0 saturated carbocycles. The minimum atomic E-state index is 0.586. The number of benzene rings is 1. The number of aromatic nitrogens is 2. The van der Waals surface area contributed by atoms with E-state index in [9.17, 15) is 0 Å². The van der Waals surface area contributed by atoms with Crippen molar-refractivity contribution in [3.05, 3.63) is 52.1 Å². The highest BCUT2D eigenvalue weighted by molar-refractivity contribution is 7.71. The third-order valence-electron chi connectivity index (χ3n) is 3.40. The quantitative estimate of drug-likeness (QED) is 0.723. The molecule has 3 rings (SSSR count). The lowest BCUT2D eigenvalue weighted by molar-refractivity contribution is 0.573. The summed E-state index contributed by atoms with van der Waals surface area (Å²) in [5.41, 5.74) is 4.24. The first-order chi connectivity index (χ1) is 7.83. The van der Waals surface area contributed by atoms with Gasteiger partial charge in [0.05, 0.1) is 0 Å². The number of rotatable bonds is 1. The Kier molecular flexibility index (Phi) is 2.40. The first-order valence-electron chi connectivity index (χ1n) is 5.67. The fraction of sp³-hybridized carbons (Fsp3) is 0.308. The van der Waals surface area contributed by atoms with Crippen LogP contribution in [0.1, 0.15) is 29.2 Å². The second-order valence-corrected chi connectivity index (χ2v) is 4.81. The van der Waals surface area contributed by atoms with Gasteiger partial charge in [0.1, 0.15) is 0 Å². The molecule has 2 N–H and O–H groups in total. The zero-order chi connectivity index (χ0) is 11.0. The first kappa shape index (κ1) is 9.85. The van der Waals surface area contributed by atoms with Crippen molar-refractivity contribution < 1.29 is 0 Å². The summed E-state index contributed by atoms with van der Waals surface area (Å²) in [7, 11) is 0. The smallest absolute Gasteiger partial charge is 0.174 e. The van der Waals surface area contributed by atoms with E-state index in [4.69, 9.17) is 12.2 Å². The number of hydrogen-bond donors (Lipinski definition) is 2. The number of H-pyrrole nitrogens is 2. The van der Waals surface area contributed by atoms with E-state index in [1.54, 1.807) is 0 Å². The molecule has 2 nitrogen and oxygen atoms in total. The summed E-state index contributed by atoms with van der Waals surface area (Å²) in [5.74, 6) is 0.586. The van der Waals surface area contributed by atoms with Crippen molar-refractivity contribution in [3.8, 4) is 0 Å². The van der Waals surface area contributed by atoms with E-state index in [-0.39, 0.29) is 0 Å². The van der Waals surface area contributed by atoms with Gasteiger partial charge in [-0.15, -0.1) is 0 Å². The highest BCUT2D eigenvalue weighted by Gasteiger charge is 2.20. The van der Waals surface area contributed by atoms with Gasteiger partial charge in [-0.2, -0.15) is 0 Å². The summed E-state index contributed by atoms with van der Waals surface area (Å²) in [4.78, 5) is 6.28. The normalized spacial score (nSPS) is 19.4. The summed E-state index contributed by atoms with van der Waals surface area (Å²) in [6.07, 6.45) is 5.52. The van der Waals surface area contributed by atoms with Gasteiger partial charge in [0.25, 0.3) is 0 Å². The minimum absolute atomic E-state index is 0.586. The highest BCUT2D eigenvalue weighted by atomic mass is 32.1. The van der Waals surface area contributed by atoms with Gasteiger partial charge in [0, 0.05) is 17.8 Å².